The van der Waals surface area contributed by atoms with Crippen LogP contribution in [-0.4, -0.2) is 54.5 Å². The summed E-state index contributed by atoms with van der Waals surface area (Å²) in [5, 5.41) is 11.9. The van der Waals surface area contributed by atoms with E-state index in [1.54, 1.807) is 0 Å². The summed E-state index contributed by atoms with van der Waals surface area (Å²) in [6.45, 7) is 6.84. The van der Waals surface area contributed by atoms with E-state index in [0.717, 1.165) is 6.07 Å². The molecule has 1 amide bonds. The van der Waals surface area contributed by atoms with Crippen LogP contribution in [0.2, 0.25) is 0 Å². The van der Waals surface area contributed by atoms with Crippen LogP contribution in [0.1, 0.15) is 12.0 Å². The number of likely N-dealkylation sites (N-methyl/N-ethyl adjacent to an activating group) is 1. The van der Waals surface area contributed by atoms with Crippen molar-refractivity contribution in [3.05, 3.63) is 89.8 Å². The number of halogens is 3. The number of carbonyl (C=O) groups excluding carboxylic acids is 1. The van der Waals surface area contributed by atoms with Gasteiger partial charge in [0.15, 0.2) is 24.1 Å². The molecule has 0 saturated carbocycles. The van der Waals surface area contributed by atoms with Gasteiger partial charge in [0.05, 0.1) is 0 Å². The van der Waals surface area contributed by atoms with Crippen LogP contribution in [-0.2, 0) is 11.3 Å². The molecule has 0 saturated heterocycles. The van der Waals surface area contributed by atoms with Crippen LogP contribution >= 0.6 is 0 Å². The lowest BCUT2D eigenvalue weighted by Gasteiger charge is -2.30. The molecule has 182 valence electrons. The third-order valence-corrected chi connectivity index (χ3v) is 4.72. The van der Waals surface area contributed by atoms with E-state index in [9.17, 15) is 18.0 Å². The zero-order chi connectivity index (χ0) is 25.1. The van der Waals surface area contributed by atoms with E-state index in [4.69, 9.17) is 9.84 Å². The summed E-state index contributed by atoms with van der Waals surface area (Å²) in [6.07, 6.45) is 1.64. The van der Waals surface area contributed by atoms with Crippen LogP contribution in [0, 0.1) is 17.5 Å². The topological polar surface area (TPSA) is 77.4 Å². The molecule has 0 spiro atoms. The molecule has 0 radical (unpaired) electrons. The largest absolute Gasteiger partial charge is 0.470 e. The van der Waals surface area contributed by atoms with Gasteiger partial charge in [-0.15, -0.1) is 0 Å². The highest BCUT2D eigenvalue weighted by Gasteiger charge is 2.26. The minimum absolute atomic E-state index is 0.00326. The molecule has 2 aromatic rings. The molecular formula is C24H27F3N4O3. The summed E-state index contributed by atoms with van der Waals surface area (Å²) in [5.41, 5.74) is 0.603. The lowest BCUT2D eigenvalue weighted by Crippen LogP contribution is -2.40. The zero-order valence-electron chi connectivity index (χ0n) is 18.8. The van der Waals surface area contributed by atoms with Crippen LogP contribution in [0.5, 0.6) is 5.75 Å². The fraction of sp³-hybridized carbons (Fsp3) is 0.250. The number of rotatable bonds is 13. The van der Waals surface area contributed by atoms with Crippen LogP contribution in [0.4, 0.5) is 13.2 Å². The summed E-state index contributed by atoms with van der Waals surface area (Å²) >= 11 is 0. The molecule has 0 atom stereocenters. The van der Waals surface area contributed by atoms with Crippen molar-refractivity contribution >= 4 is 12.6 Å². The molecule has 0 aromatic heterocycles. The van der Waals surface area contributed by atoms with Gasteiger partial charge in [-0.25, -0.2) is 13.8 Å². The maximum atomic E-state index is 14.2. The van der Waals surface area contributed by atoms with Crippen molar-refractivity contribution in [1.82, 2.24) is 15.1 Å². The van der Waals surface area contributed by atoms with Crippen molar-refractivity contribution in [3.8, 4) is 5.75 Å². The number of hydrogen-bond acceptors (Lipinski definition) is 6. The van der Waals surface area contributed by atoms with E-state index in [0.29, 0.717) is 12.0 Å². The first-order chi connectivity index (χ1) is 16.3. The Kier molecular flexibility index (Phi) is 10.2. The second-order valence-corrected chi connectivity index (χ2v) is 7.16. The van der Waals surface area contributed by atoms with Gasteiger partial charge in [0.2, 0.25) is 5.82 Å². The van der Waals surface area contributed by atoms with E-state index in [2.05, 4.69) is 23.6 Å². The number of amides is 1. The third kappa shape index (κ3) is 7.11. The Hall–Kier alpha value is -3.79. The molecule has 2 aromatic carbocycles. The maximum absolute atomic E-state index is 14.2. The second kappa shape index (κ2) is 13.0. The van der Waals surface area contributed by atoms with E-state index in [1.807, 2.05) is 0 Å². The van der Waals surface area contributed by atoms with Gasteiger partial charge < -0.3 is 25.0 Å². The Morgan fingerprint density at radius 1 is 1.21 bits per heavy atom. The first kappa shape index (κ1) is 26.5. The number of aliphatic hydroxyl groups excluding tert-OH is 1. The van der Waals surface area contributed by atoms with Crippen LogP contribution in [0.3, 0.4) is 0 Å². The van der Waals surface area contributed by atoms with E-state index in [-0.39, 0.29) is 43.7 Å². The van der Waals surface area contributed by atoms with Gasteiger partial charge in [-0.1, -0.05) is 24.8 Å². The predicted octanol–water partition coefficient (Wildman–Crippen LogP) is 3.39. The molecule has 2 rings (SSSR count). The average Bonchev–Trinajstić information content (AvgIpc) is 2.83. The Labute approximate surface area is 196 Å². The highest BCUT2D eigenvalue weighted by molar-refractivity contribution is 5.93. The van der Waals surface area contributed by atoms with Crippen molar-refractivity contribution < 1.29 is 27.8 Å². The Bertz CT molecular complexity index is 1030. The number of nitrogens with zero attached hydrogens (tertiary/aromatic N) is 3. The minimum Gasteiger partial charge on any atom is -0.470 e. The Balaban J connectivity index is 2.50. The SMILES string of the molecule is C=CN/C(N=C)=C(\C(=O)N(C)CCCO)N(COc1cccc(F)c1F)Cc1ccc(F)cc1. The number of benzene rings is 2. The molecule has 34 heavy (non-hydrogen) atoms. The summed E-state index contributed by atoms with van der Waals surface area (Å²) in [6, 6.07) is 9.05. The standard InChI is InChI=1S/C24H27F3N4O3/c1-4-29-23(28-2)22(24(33)30(3)13-6-14-32)31(15-17-9-11-18(25)12-10-17)16-34-20-8-5-7-19(26)21(20)27/h4-5,7-12,29,32H,1-2,6,13-16H2,3H3/b23-22+. The molecule has 7 nitrogen and oxygen atoms in total. The molecule has 0 unspecified atom stereocenters. The van der Waals surface area contributed by atoms with Crippen molar-refractivity contribution in [2.75, 3.05) is 26.9 Å². The fourth-order valence-electron chi connectivity index (χ4n) is 3.00. The number of ether oxygens (including phenoxy) is 1. The first-order valence-corrected chi connectivity index (χ1v) is 10.3. The fourth-order valence-corrected chi connectivity index (χ4v) is 3.00. The summed E-state index contributed by atoms with van der Waals surface area (Å²) in [4.78, 5) is 20.0. The van der Waals surface area contributed by atoms with Crippen molar-refractivity contribution in [3.63, 3.8) is 0 Å². The number of aliphatic hydroxyl groups is 1. The van der Waals surface area contributed by atoms with Gasteiger partial charge in [-0.2, -0.15) is 4.39 Å². The summed E-state index contributed by atoms with van der Waals surface area (Å²) in [7, 11) is 1.54. The van der Waals surface area contributed by atoms with Gasteiger partial charge in [0.1, 0.15) is 11.5 Å². The molecule has 0 fully saturated rings. The molecule has 2 N–H and O–H groups in total. The molecule has 10 heteroatoms. The van der Waals surface area contributed by atoms with E-state index >= 15 is 0 Å². The highest BCUT2D eigenvalue weighted by Crippen LogP contribution is 2.22. The van der Waals surface area contributed by atoms with Crippen LogP contribution < -0.4 is 10.1 Å². The Morgan fingerprint density at radius 3 is 2.53 bits per heavy atom. The van der Waals surface area contributed by atoms with E-state index in [1.165, 1.54) is 59.4 Å². The normalized spacial score (nSPS) is 11.3. The smallest absolute Gasteiger partial charge is 0.273 e. The lowest BCUT2D eigenvalue weighted by atomic mass is 10.2. The Morgan fingerprint density at radius 2 is 1.91 bits per heavy atom. The van der Waals surface area contributed by atoms with Gasteiger partial charge in [-0.05, 0) is 49.2 Å². The predicted molar refractivity (Wildman–Crippen MR) is 123 cm³/mol. The molecule has 0 heterocycles. The molecule has 0 aliphatic carbocycles. The second-order valence-electron chi connectivity index (χ2n) is 7.16. The van der Waals surface area contributed by atoms with Crippen molar-refractivity contribution in [2.24, 2.45) is 4.99 Å². The number of nitrogens with one attached hydrogen (secondary N) is 1. The minimum atomic E-state index is -1.17. The van der Waals surface area contributed by atoms with Crippen LogP contribution in [0.25, 0.3) is 0 Å². The van der Waals surface area contributed by atoms with Gasteiger partial charge in [0.25, 0.3) is 5.91 Å². The first-order valence-electron chi connectivity index (χ1n) is 10.3. The molecule has 0 bridgehead atoms. The van der Waals surface area contributed by atoms with Crippen molar-refractivity contribution in [1.29, 1.82) is 0 Å². The number of aliphatic imine (C=N–C) groups is 1. The van der Waals surface area contributed by atoms with Gasteiger partial charge in [0, 0.05) is 26.7 Å². The quantitative estimate of drug-likeness (QED) is 0.263. The van der Waals surface area contributed by atoms with Crippen molar-refractivity contribution in [2.45, 2.75) is 13.0 Å². The van der Waals surface area contributed by atoms with Crippen LogP contribution in [0.15, 0.2) is 71.8 Å². The molecule has 0 aliphatic heterocycles. The summed E-state index contributed by atoms with van der Waals surface area (Å²) in [5.74, 6) is -3.51. The summed E-state index contributed by atoms with van der Waals surface area (Å²) < 4.78 is 46.8. The van der Waals surface area contributed by atoms with Gasteiger partial charge >= 0.3 is 0 Å². The highest BCUT2D eigenvalue weighted by atomic mass is 19.2. The molecule has 0 aliphatic rings. The zero-order valence-corrected chi connectivity index (χ0v) is 18.8. The van der Waals surface area contributed by atoms with E-state index < -0.39 is 23.4 Å². The monoisotopic (exact) mass is 476 g/mol. The lowest BCUT2D eigenvalue weighted by molar-refractivity contribution is -0.128. The third-order valence-electron chi connectivity index (χ3n) is 4.72. The molecular weight excluding hydrogens is 449 g/mol. The number of carbonyl (C=O) groups is 1. The maximum Gasteiger partial charge on any atom is 0.273 e. The van der Waals surface area contributed by atoms with Gasteiger partial charge in [-0.3, -0.25) is 4.79 Å². The average molecular weight is 476 g/mol. The number of hydrogen-bond donors (Lipinski definition) is 2.